The van der Waals surface area contributed by atoms with E-state index in [2.05, 4.69) is 15.5 Å². The van der Waals surface area contributed by atoms with Gasteiger partial charge in [-0.2, -0.15) is 0 Å². The first-order valence-electron chi connectivity index (χ1n) is 7.66. The standard InChI is InChI=1S/C17H15N3O2S2/c1-10-13(18-15(21)7-6-12-3-2-8-23-12)9-14(24-10)17-20-19-16(22-17)11-4-5-11/h2-3,6-9,11H,4-5H2,1H3,(H,18,21). The van der Waals surface area contributed by atoms with E-state index in [9.17, 15) is 4.79 Å². The zero-order valence-corrected chi connectivity index (χ0v) is 14.6. The van der Waals surface area contributed by atoms with Crippen molar-refractivity contribution in [2.75, 3.05) is 5.32 Å². The van der Waals surface area contributed by atoms with Crippen LogP contribution < -0.4 is 5.32 Å². The molecule has 1 N–H and O–H groups in total. The molecule has 5 nitrogen and oxygen atoms in total. The molecule has 1 aliphatic carbocycles. The first-order valence-corrected chi connectivity index (χ1v) is 9.35. The van der Waals surface area contributed by atoms with Crippen LogP contribution in [0.15, 0.2) is 34.1 Å². The molecule has 24 heavy (non-hydrogen) atoms. The molecule has 0 spiro atoms. The van der Waals surface area contributed by atoms with Crippen LogP contribution in [-0.4, -0.2) is 16.1 Å². The Morgan fingerprint density at radius 1 is 1.42 bits per heavy atom. The number of nitrogens with zero attached hydrogens (tertiary/aromatic N) is 2. The van der Waals surface area contributed by atoms with Gasteiger partial charge in [-0.1, -0.05) is 6.07 Å². The summed E-state index contributed by atoms with van der Waals surface area (Å²) in [7, 11) is 0. The number of carbonyl (C=O) groups excluding carboxylic acids is 1. The average molecular weight is 357 g/mol. The smallest absolute Gasteiger partial charge is 0.257 e. The van der Waals surface area contributed by atoms with Gasteiger partial charge < -0.3 is 9.73 Å². The Labute approximate surface area is 147 Å². The maximum absolute atomic E-state index is 12.1. The number of aromatic nitrogens is 2. The Morgan fingerprint density at radius 3 is 3.04 bits per heavy atom. The van der Waals surface area contributed by atoms with E-state index in [0.717, 1.165) is 39.1 Å². The second-order valence-corrected chi connectivity index (χ2v) is 7.87. The van der Waals surface area contributed by atoms with Gasteiger partial charge in [0.05, 0.1) is 10.6 Å². The van der Waals surface area contributed by atoms with Crippen molar-refractivity contribution in [1.29, 1.82) is 0 Å². The SMILES string of the molecule is Cc1sc(-c2nnc(C3CC3)o2)cc1NC(=O)C=Cc1cccs1. The third kappa shape index (κ3) is 3.32. The first kappa shape index (κ1) is 15.3. The molecule has 4 rings (SSSR count). The van der Waals surface area contributed by atoms with E-state index >= 15 is 0 Å². The van der Waals surface area contributed by atoms with Gasteiger partial charge in [0.2, 0.25) is 11.8 Å². The highest BCUT2D eigenvalue weighted by molar-refractivity contribution is 7.16. The van der Waals surface area contributed by atoms with Crippen molar-refractivity contribution >= 4 is 40.3 Å². The summed E-state index contributed by atoms with van der Waals surface area (Å²) in [6.07, 6.45) is 5.61. The number of thiophene rings is 2. The monoisotopic (exact) mass is 357 g/mol. The van der Waals surface area contributed by atoms with Crippen molar-refractivity contribution < 1.29 is 9.21 Å². The summed E-state index contributed by atoms with van der Waals surface area (Å²) in [5.41, 5.74) is 0.780. The van der Waals surface area contributed by atoms with Crippen molar-refractivity contribution in [3.63, 3.8) is 0 Å². The van der Waals surface area contributed by atoms with Gasteiger partial charge in [-0.3, -0.25) is 4.79 Å². The lowest BCUT2D eigenvalue weighted by Crippen LogP contribution is -2.07. The first-order chi connectivity index (χ1) is 11.7. The zero-order chi connectivity index (χ0) is 16.5. The number of anilines is 1. The lowest BCUT2D eigenvalue weighted by Gasteiger charge is -1.99. The van der Waals surface area contributed by atoms with Crippen LogP contribution in [0.5, 0.6) is 0 Å². The van der Waals surface area contributed by atoms with Gasteiger partial charge in [0.1, 0.15) is 0 Å². The Kier molecular flexibility index (Phi) is 4.03. The molecule has 1 amide bonds. The van der Waals surface area contributed by atoms with Gasteiger partial charge in [0.15, 0.2) is 0 Å². The molecule has 0 atom stereocenters. The molecule has 0 bridgehead atoms. The van der Waals surface area contributed by atoms with Crippen LogP contribution in [0.4, 0.5) is 5.69 Å². The van der Waals surface area contributed by atoms with Crippen LogP contribution in [0.3, 0.4) is 0 Å². The third-order valence-corrected chi connectivity index (χ3v) is 5.57. The minimum Gasteiger partial charge on any atom is -0.420 e. The lowest BCUT2D eigenvalue weighted by atomic mass is 10.3. The van der Waals surface area contributed by atoms with E-state index in [0.29, 0.717) is 11.8 Å². The van der Waals surface area contributed by atoms with Gasteiger partial charge in [0, 0.05) is 21.7 Å². The molecule has 1 saturated carbocycles. The number of amides is 1. The van der Waals surface area contributed by atoms with Crippen LogP contribution >= 0.6 is 22.7 Å². The second kappa shape index (κ2) is 6.33. The van der Waals surface area contributed by atoms with Crippen molar-refractivity contribution in [3.8, 4) is 10.8 Å². The molecule has 3 heterocycles. The van der Waals surface area contributed by atoms with Crippen molar-refractivity contribution in [3.05, 3.63) is 45.3 Å². The zero-order valence-electron chi connectivity index (χ0n) is 13.0. The van der Waals surface area contributed by atoms with Gasteiger partial charge in [-0.15, -0.1) is 32.9 Å². The van der Waals surface area contributed by atoms with Crippen LogP contribution in [0.1, 0.15) is 34.4 Å². The molecular formula is C17H15N3O2S2. The molecule has 0 radical (unpaired) electrons. The summed E-state index contributed by atoms with van der Waals surface area (Å²) in [5, 5.41) is 13.1. The van der Waals surface area contributed by atoms with E-state index in [1.165, 1.54) is 11.3 Å². The number of carbonyl (C=O) groups is 1. The fourth-order valence-electron chi connectivity index (χ4n) is 2.26. The summed E-state index contributed by atoms with van der Waals surface area (Å²) in [6.45, 7) is 1.96. The third-order valence-electron chi connectivity index (χ3n) is 3.70. The minimum atomic E-state index is -0.153. The van der Waals surface area contributed by atoms with E-state index < -0.39 is 0 Å². The molecular weight excluding hydrogens is 342 g/mol. The molecule has 7 heteroatoms. The second-order valence-electron chi connectivity index (χ2n) is 5.64. The van der Waals surface area contributed by atoms with Crippen molar-refractivity contribution in [1.82, 2.24) is 10.2 Å². The largest absolute Gasteiger partial charge is 0.420 e. The van der Waals surface area contributed by atoms with E-state index in [1.807, 2.05) is 36.6 Å². The molecule has 0 saturated heterocycles. The van der Waals surface area contributed by atoms with Crippen LogP contribution in [0.25, 0.3) is 16.8 Å². The summed E-state index contributed by atoms with van der Waals surface area (Å²) < 4.78 is 5.73. The molecule has 0 aromatic carbocycles. The lowest BCUT2D eigenvalue weighted by molar-refractivity contribution is -0.111. The Morgan fingerprint density at radius 2 is 2.29 bits per heavy atom. The molecule has 3 aromatic rings. The predicted molar refractivity (Wildman–Crippen MR) is 96.3 cm³/mol. The topological polar surface area (TPSA) is 68.0 Å². The predicted octanol–water partition coefficient (Wildman–Crippen LogP) is 4.70. The number of nitrogens with one attached hydrogen (secondary N) is 1. The maximum atomic E-state index is 12.1. The summed E-state index contributed by atoms with van der Waals surface area (Å²) >= 11 is 3.13. The Hall–Kier alpha value is -2.25. The quantitative estimate of drug-likeness (QED) is 0.672. The number of hydrogen-bond donors (Lipinski definition) is 1. The Balaban J connectivity index is 1.47. The fourth-order valence-corrected chi connectivity index (χ4v) is 3.77. The van der Waals surface area contributed by atoms with Crippen LogP contribution in [0, 0.1) is 6.92 Å². The highest BCUT2D eigenvalue weighted by Gasteiger charge is 2.29. The Bertz CT molecular complexity index is 889. The van der Waals surface area contributed by atoms with Gasteiger partial charge in [-0.05, 0) is 43.4 Å². The van der Waals surface area contributed by atoms with Crippen molar-refractivity contribution in [2.45, 2.75) is 25.7 Å². The molecule has 0 aliphatic heterocycles. The number of aryl methyl sites for hydroxylation is 1. The van der Waals surface area contributed by atoms with E-state index in [4.69, 9.17) is 4.42 Å². The molecule has 0 unspecified atom stereocenters. The van der Waals surface area contributed by atoms with Crippen molar-refractivity contribution in [2.24, 2.45) is 0 Å². The van der Waals surface area contributed by atoms with Crippen LogP contribution in [-0.2, 0) is 4.79 Å². The summed E-state index contributed by atoms with van der Waals surface area (Å²) in [4.78, 5) is 15.0. The summed E-state index contributed by atoms with van der Waals surface area (Å²) in [6, 6.07) is 5.81. The van der Waals surface area contributed by atoms with E-state index in [-0.39, 0.29) is 5.91 Å². The molecule has 1 aliphatic rings. The van der Waals surface area contributed by atoms with Gasteiger partial charge >= 0.3 is 0 Å². The highest BCUT2D eigenvalue weighted by atomic mass is 32.1. The average Bonchev–Trinajstić information content (AvgIpc) is 3.00. The number of hydrogen-bond acceptors (Lipinski definition) is 6. The fraction of sp³-hybridized carbons (Fsp3) is 0.235. The molecule has 3 aromatic heterocycles. The molecule has 122 valence electrons. The van der Waals surface area contributed by atoms with Gasteiger partial charge in [0.25, 0.3) is 5.89 Å². The summed E-state index contributed by atoms with van der Waals surface area (Å²) in [5.74, 6) is 1.54. The number of rotatable bonds is 5. The van der Waals surface area contributed by atoms with Gasteiger partial charge in [-0.25, -0.2) is 0 Å². The highest BCUT2D eigenvalue weighted by Crippen LogP contribution is 2.41. The van der Waals surface area contributed by atoms with Crippen LogP contribution in [0.2, 0.25) is 0 Å². The van der Waals surface area contributed by atoms with E-state index in [1.54, 1.807) is 17.4 Å². The molecule has 1 fully saturated rings. The normalized spacial score (nSPS) is 14.4. The minimum absolute atomic E-state index is 0.153. The maximum Gasteiger partial charge on any atom is 0.257 e.